The highest BCUT2D eigenvalue weighted by Gasteiger charge is 2.43. The van der Waals surface area contributed by atoms with E-state index in [-0.39, 0.29) is 18.1 Å². The molecule has 4 nitrogen and oxygen atoms in total. The second-order valence-corrected chi connectivity index (χ2v) is 4.36. The van der Waals surface area contributed by atoms with Crippen LogP contribution in [0.4, 0.5) is 0 Å². The summed E-state index contributed by atoms with van der Waals surface area (Å²) in [6.07, 6.45) is 5.98. The zero-order chi connectivity index (χ0) is 9.42. The molecular weight excluding hydrogens is 189 g/mol. The van der Waals surface area contributed by atoms with E-state index in [9.17, 15) is 4.57 Å². The summed E-state index contributed by atoms with van der Waals surface area (Å²) in [4.78, 5) is 8.66. The van der Waals surface area contributed by atoms with Crippen molar-refractivity contribution in [2.45, 2.75) is 25.0 Å². The van der Waals surface area contributed by atoms with E-state index in [0.29, 0.717) is 5.92 Å². The highest BCUT2D eigenvalue weighted by atomic mass is 31.1. The lowest BCUT2D eigenvalue weighted by Gasteiger charge is -2.39. The molecule has 5 atom stereocenters. The molecular formula is C8H13NO3P+. The van der Waals surface area contributed by atoms with Gasteiger partial charge in [0.15, 0.2) is 0 Å². The van der Waals surface area contributed by atoms with Gasteiger partial charge in [0.25, 0.3) is 0 Å². The third-order valence-electron chi connectivity index (χ3n) is 2.95. The molecule has 3 N–H and O–H groups in total. The van der Waals surface area contributed by atoms with Crippen LogP contribution < -0.4 is 5.73 Å². The smallest absolute Gasteiger partial charge is 0.325 e. The first-order chi connectivity index (χ1) is 6.18. The molecule has 3 aliphatic rings. The Bertz CT molecular complexity index is 256. The molecule has 72 valence electrons. The molecule has 2 bridgehead atoms. The van der Waals surface area contributed by atoms with Crippen LogP contribution in [0.15, 0.2) is 12.2 Å². The van der Waals surface area contributed by atoms with Crippen LogP contribution in [0.1, 0.15) is 12.8 Å². The van der Waals surface area contributed by atoms with Gasteiger partial charge in [0.2, 0.25) is 0 Å². The first-order valence-corrected chi connectivity index (χ1v) is 5.58. The fourth-order valence-corrected chi connectivity index (χ4v) is 2.74. The van der Waals surface area contributed by atoms with E-state index in [1.165, 1.54) is 0 Å². The summed E-state index contributed by atoms with van der Waals surface area (Å²) >= 11 is 0. The van der Waals surface area contributed by atoms with Crippen molar-refractivity contribution in [2.75, 3.05) is 0 Å². The van der Waals surface area contributed by atoms with E-state index >= 15 is 0 Å². The molecule has 0 aliphatic heterocycles. The van der Waals surface area contributed by atoms with Crippen molar-refractivity contribution in [3.05, 3.63) is 12.2 Å². The first kappa shape index (κ1) is 9.28. The maximum Gasteiger partial charge on any atom is 0.695 e. The van der Waals surface area contributed by atoms with Crippen molar-refractivity contribution < 1.29 is 14.0 Å². The minimum absolute atomic E-state index is 0.116. The third kappa shape index (κ3) is 1.67. The minimum Gasteiger partial charge on any atom is -0.325 e. The molecule has 0 aromatic carbocycles. The predicted molar refractivity (Wildman–Crippen MR) is 48.0 cm³/mol. The van der Waals surface area contributed by atoms with Crippen molar-refractivity contribution in [3.8, 4) is 0 Å². The van der Waals surface area contributed by atoms with Crippen molar-refractivity contribution in [1.29, 1.82) is 0 Å². The molecule has 5 heteroatoms. The Morgan fingerprint density at radius 1 is 1.38 bits per heavy atom. The average Bonchev–Trinajstić information content (AvgIpc) is 2.11. The van der Waals surface area contributed by atoms with Gasteiger partial charge in [-0.3, -0.25) is 0 Å². The lowest BCUT2D eigenvalue weighted by atomic mass is 9.71. The molecule has 3 aliphatic carbocycles. The predicted octanol–water partition coefficient (Wildman–Crippen LogP) is 0.945. The lowest BCUT2D eigenvalue weighted by Crippen LogP contribution is -2.51. The number of rotatable bonds is 2. The highest BCUT2D eigenvalue weighted by molar-refractivity contribution is 7.32. The Balaban J connectivity index is 2.11. The Kier molecular flexibility index (Phi) is 2.47. The summed E-state index contributed by atoms with van der Waals surface area (Å²) in [7, 11) is -2.53. The normalized spacial score (nSPS) is 43.7. The number of fused-ring (bicyclic) bond motifs is 2. The Labute approximate surface area is 77.7 Å². The van der Waals surface area contributed by atoms with Crippen LogP contribution in [-0.2, 0) is 9.09 Å². The minimum atomic E-state index is -2.53. The molecule has 13 heavy (non-hydrogen) atoms. The van der Waals surface area contributed by atoms with Crippen LogP contribution in [0.2, 0.25) is 0 Å². The summed E-state index contributed by atoms with van der Waals surface area (Å²) in [6.45, 7) is 0. The molecule has 5 unspecified atom stereocenters. The van der Waals surface area contributed by atoms with E-state index in [2.05, 4.69) is 12.2 Å². The summed E-state index contributed by atoms with van der Waals surface area (Å²) in [6, 6.07) is -0.116. The zero-order valence-corrected chi connectivity index (χ0v) is 8.06. The molecule has 1 fully saturated rings. The number of nitrogens with two attached hydrogens (primary N) is 1. The highest BCUT2D eigenvalue weighted by Crippen LogP contribution is 2.40. The maximum absolute atomic E-state index is 10.5. The standard InChI is InChI=1S/C8H12NO3P/c9-7-5-1-3-6(4-2-5)8(7)12-13(10)11/h1,3,5-8H,2,4,9H2/p+1. The number of hydrogen-bond donors (Lipinski definition) is 2. The molecule has 0 amide bonds. The van der Waals surface area contributed by atoms with Gasteiger partial charge in [-0.1, -0.05) is 12.2 Å². The largest absolute Gasteiger partial charge is 0.695 e. The lowest BCUT2D eigenvalue weighted by molar-refractivity contribution is 0.0628. The van der Waals surface area contributed by atoms with Crippen molar-refractivity contribution in [3.63, 3.8) is 0 Å². The van der Waals surface area contributed by atoms with E-state index in [1.807, 2.05) is 0 Å². The maximum atomic E-state index is 10.5. The van der Waals surface area contributed by atoms with Crippen molar-refractivity contribution in [1.82, 2.24) is 0 Å². The SMILES string of the molecule is NC1C2C=CC(CC2)C1O[P+](=O)O. The summed E-state index contributed by atoms with van der Waals surface area (Å²) in [5, 5.41) is 0. The van der Waals surface area contributed by atoms with E-state index < -0.39 is 8.25 Å². The van der Waals surface area contributed by atoms with Gasteiger partial charge < -0.3 is 5.73 Å². The first-order valence-electron chi connectivity index (χ1n) is 4.45. The Hall–Kier alpha value is -0.280. The topological polar surface area (TPSA) is 72.5 Å². The van der Waals surface area contributed by atoms with E-state index in [1.54, 1.807) is 0 Å². The molecule has 0 saturated heterocycles. The second-order valence-electron chi connectivity index (χ2n) is 3.68. The molecule has 1 saturated carbocycles. The Morgan fingerprint density at radius 2 is 2.00 bits per heavy atom. The van der Waals surface area contributed by atoms with Crippen LogP contribution in [0, 0.1) is 11.8 Å². The van der Waals surface area contributed by atoms with Crippen LogP contribution in [0.3, 0.4) is 0 Å². The van der Waals surface area contributed by atoms with Gasteiger partial charge in [-0.05, 0) is 18.8 Å². The van der Waals surface area contributed by atoms with Crippen molar-refractivity contribution >= 4 is 8.25 Å². The van der Waals surface area contributed by atoms with Crippen molar-refractivity contribution in [2.24, 2.45) is 17.6 Å². The molecule has 0 heterocycles. The van der Waals surface area contributed by atoms with Crippen LogP contribution in [0.5, 0.6) is 0 Å². The number of hydrogen-bond acceptors (Lipinski definition) is 3. The Morgan fingerprint density at radius 3 is 2.46 bits per heavy atom. The van der Waals surface area contributed by atoms with Gasteiger partial charge in [-0.25, -0.2) is 0 Å². The van der Waals surface area contributed by atoms with Crippen LogP contribution in [0.25, 0.3) is 0 Å². The molecule has 3 rings (SSSR count). The quantitative estimate of drug-likeness (QED) is 0.516. The summed E-state index contributed by atoms with van der Waals surface area (Å²) < 4.78 is 15.5. The van der Waals surface area contributed by atoms with Gasteiger partial charge >= 0.3 is 8.25 Å². The van der Waals surface area contributed by atoms with Gasteiger partial charge in [-0.2, -0.15) is 0 Å². The molecule has 0 spiro atoms. The molecule has 0 aromatic heterocycles. The third-order valence-corrected chi connectivity index (χ3v) is 3.37. The van der Waals surface area contributed by atoms with Gasteiger partial charge in [0, 0.05) is 16.5 Å². The van der Waals surface area contributed by atoms with Gasteiger partial charge in [-0.15, -0.1) is 9.42 Å². The van der Waals surface area contributed by atoms with Gasteiger partial charge in [0.1, 0.15) is 6.10 Å². The molecule has 0 aromatic rings. The fraction of sp³-hybridized carbons (Fsp3) is 0.750. The monoisotopic (exact) mass is 202 g/mol. The van der Waals surface area contributed by atoms with Crippen LogP contribution >= 0.6 is 8.25 Å². The van der Waals surface area contributed by atoms with Crippen LogP contribution in [-0.4, -0.2) is 17.0 Å². The summed E-state index contributed by atoms with van der Waals surface area (Å²) in [5.74, 6) is 0.552. The average molecular weight is 202 g/mol. The fourth-order valence-electron chi connectivity index (χ4n) is 2.24. The van der Waals surface area contributed by atoms with E-state index in [4.69, 9.17) is 15.2 Å². The van der Waals surface area contributed by atoms with Gasteiger partial charge in [0.05, 0.1) is 0 Å². The zero-order valence-electron chi connectivity index (χ0n) is 7.17. The van der Waals surface area contributed by atoms with E-state index in [0.717, 1.165) is 12.8 Å². The molecule has 0 radical (unpaired) electrons. The summed E-state index contributed by atoms with van der Waals surface area (Å²) in [5.41, 5.74) is 5.90. The second kappa shape index (κ2) is 3.46.